The van der Waals surface area contributed by atoms with Crippen molar-refractivity contribution in [1.82, 2.24) is 14.8 Å². The summed E-state index contributed by atoms with van der Waals surface area (Å²) in [5.41, 5.74) is 8.95. The standard InChI is InChI=1S/C28H36N4O2/c29-26(33)25-14-13-22(19-30-25)10-7-21-8-11-23(12-9-21)20-31-17-4-15-28(31)16-18-32(27(28)34)24-5-2-1-3-6-24/h8-9,11-14,19,24H,1-7,10,15-18,20H2,(H2,29,33). The lowest BCUT2D eigenvalue weighted by Gasteiger charge is -2.36. The molecule has 2 amide bonds. The number of nitrogens with two attached hydrogens (primary N) is 1. The Balaban J connectivity index is 1.19. The molecule has 1 unspecified atom stereocenters. The first-order chi connectivity index (χ1) is 16.5. The lowest BCUT2D eigenvalue weighted by atomic mass is 9.92. The van der Waals surface area contributed by atoms with Crippen LogP contribution in [0.5, 0.6) is 0 Å². The second-order valence-electron chi connectivity index (χ2n) is 10.3. The Bertz CT molecular complexity index is 1010. The number of amides is 2. The van der Waals surface area contributed by atoms with E-state index in [1.807, 2.05) is 6.07 Å². The predicted octanol–water partition coefficient (Wildman–Crippen LogP) is 3.87. The first kappa shape index (κ1) is 23.0. The normalized spacial score (nSPS) is 23.8. The monoisotopic (exact) mass is 460 g/mol. The van der Waals surface area contributed by atoms with Crippen molar-refractivity contribution < 1.29 is 9.59 Å². The molecule has 1 saturated carbocycles. The van der Waals surface area contributed by atoms with Gasteiger partial charge in [-0.25, -0.2) is 0 Å². The maximum Gasteiger partial charge on any atom is 0.267 e. The number of rotatable bonds is 7. The van der Waals surface area contributed by atoms with Gasteiger partial charge in [0.15, 0.2) is 0 Å². The fourth-order valence-corrected chi connectivity index (χ4v) is 6.25. The zero-order valence-electron chi connectivity index (χ0n) is 20.0. The van der Waals surface area contributed by atoms with Crippen molar-refractivity contribution in [3.05, 3.63) is 65.0 Å². The maximum atomic E-state index is 13.6. The predicted molar refractivity (Wildman–Crippen MR) is 132 cm³/mol. The van der Waals surface area contributed by atoms with Crippen molar-refractivity contribution in [2.75, 3.05) is 13.1 Å². The average molecular weight is 461 g/mol. The molecule has 2 saturated heterocycles. The molecule has 0 bridgehead atoms. The van der Waals surface area contributed by atoms with Gasteiger partial charge in [-0.2, -0.15) is 0 Å². The SMILES string of the molecule is NC(=O)c1ccc(CCc2ccc(CN3CCCC34CCN(C3CCCCC3)C4=O)cc2)cn1. The number of hydrogen-bond donors (Lipinski definition) is 1. The molecule has 3 aliphatic rings. The minimum Gasteiger partial charge on any atom is -0.364 e. The van der Waals surface area contributed by atoms with Crippen LogP contribution in [0.3, 0.4) is 0 Å². The molecule has 1 atom stereocenters. The Labute approximate surface area is 202 Å². The second kappa shape index (κ2) is 9.87. The van der Waals surface area contributed by atoms with Crippen LogP contribution < -0.4 is 5.73 Å². The van der Waals surface area contributed by atoms with Crippen LogP contribution in [0, 0.1) is 0 Å². The Kier molecular flexibility index (Phi) is 6.68. The Morgan fingerprint density at radius 2 is 1.62 bits per heavy atom. The van der Waals surface area contributed by atoms with Crippen LogP contribution in [0.1, 0.15) is 78.5 Å². The van der Waals surface area contributed by atoms with E-state index in [9.17, 15) is 9.59 Å². The van der Waals surface area contributed by atoms with Gasteiger partial charge < -0.3 is 10.6 Å². The second-order valence-corrected chi connectivity index (χ2v) is 10.3. The number of aryl methyl sites for hydroxylation is 2. The van der Waals surface area contributed by atoms with Crippen molar-refractivity contribution in [1.29, 1.82) is 0 Å². The molecule has 3 heterocycles. The van der Waals surface area contributed by atoms with Crippen LogP contribution >= 0.6 is 0 Å². The van der Waals surface area contributed by atoms with Crippen molar-refractivity contribution in [3.63, 3.8) is 0 Å². The highest BCUT2D eigenvalue weighted by atomic mass is 16.2. The summed E-state index contributed by atoms with van der Waals surface area (Å²) in [4.78, 5) is 33.6. The lowest BCUT2D eigenvalue weighted by Crippen LogP contribution is -2.51. The van der Waals surface area contributed by atoms with Gasteiger partial charge in [0.05, 0.1) is 0 Å². The van der Waals surface area contributed by atoms with E-state index in [0.717, 1.165) is 57.3 Å². The molecular formula is C28H36N4O2. The quantitative estimate of drug-likeness (QED) is 0.680. The van der Waals surface area contributed by atoms with E-state index in [1.54, 1.807) is 12.3 Å². The molecule has 6 nitrogen and oxygen atoms in total. The number of hydrogen-bond acceptors (Lipinski definition) is 4. The summed E-state index contributed by atoms with van der Waals surface area (Å²) in [7, 11) is 0. The van der Waals surface area contributed by atoms with Crippen molar-refractivity contribution in [3.8, 4) is 0 Å². The molecule has 1 aromatic heterocycles. The number of pyridine rings is 1. The van der Waals surface area contributed by atoms with Gasteiger partial charge in [-0.05, 0) is 74.2 Å². The molecule has 6 heteroatoms. The van der Waals surface area contributed by atoms with E-state index in [2.05, 4.69) is 39.0 Å². The summed E-state index contributed by atoms with van der Waals surface area (Å²) in [5, 5.41) is 0. The van der Waals surface area contributed by atoms with Crippen molar-refractivity contribution in [2.24, 2.45) is 5.73 Å². The third-order valence-electron chi connectivity index (χ3n) is 8.24. The van der Waals surface area contributed by atoms with E-state index in [1.165, 1.54) is 43.2 Å². The largest absolute Gasteiger partial charge is 0.364 e. The highest BCUT2D eigenvalue weighted by Crippen LogP contribution is 2.41. The summed E-state index contributed by atoms with van der Waals surface area (Å²) in [5.74, 6) is -0.0904. The van der Waals surface area contributed by atoms with Gasteiger partial charge in [-0.1, -0.05) is 49.6 Å². The van der Waals surface area contributed by atoms with E-state index in [0.29, 0.717) is 17.6 Å². The summed E-state index contributed by atoms with van der Waals surface area (Å²) >= 11 is 0. The molecule has 180 valence electrons. The van der Waals surface area contributed by atoms with Crippen LogP contribution in [-0.2, 0) is 24.2 Å². The number of primary amides is 1. The topological polar surface area (TPSA) is 79.5 Å². The first-order valence-electron chi connectivity index (χ1n) is 12.9. The smallest absolute Gasteiger partial charge is 0.267 e. The molecule has 2 aliphatic heterocycles. The lowest BCUT2D eigenvalue weighted by molar-refractivity contribution is -0.139. The van der Waals surface area contributed by atoms with Crippen LogP contribution in [0.2, 0.25) is 0 Å². The third-order valence-corrected chi connectivity index (χ3v) is 8.24. The minimum absolute atomic E-state index is 0.264. The van der Waals surface area contributed by atoms with Gasteiger partial charge in [-0.15, -0.1) is 0 Å². The van der Waals surface area contributed by atoms with Gasteiger partial charge >= 0.3 is 0 Å². The zero-order chi connectivity index (χ0) is 23.5. The number of carbonyl (C=O) groups is 2. The molecule has 34 heavy (non-hydrogen) atoms. The zero-order valence-corrected chi connectivity index (χ0v) is 20.0. The molecule has 0 radical (unpaired) electrons. The Hall–Kier alpha value is -2.73. The number of likely N-dealkylation sites (tertiary alicyclic amines) is 2. The van der Waals surface area contributed by atoms with Gasteiger partial charge in [0.1, 0.15) is 11.2 Å². The van der Waals surface area contributed by atoms with E-state index in [-0.39, 0.29) is 5.54 Å². The molecule has 2 N–H and O–H groups in total. The summed E-state index contributed by atoms with van der Waals surface area (Å²) in [6.45, 7) is 2.80. The third kappa shape index (κ3) is 4.61. The molecule has 1 spiro atoms. The maximum absolute atomic E-state index is 13.6. The number of carbonyl (C=O) groups excluding carboxylic acids is 2. The summed E-state index contributed by atoms with van der Waals surface area (Å²) in [6, 6.07) is 12.9. The van der Waals surface area contributed by atoms with E-state index >= 15 is 0 Å². The van der Waals surface area contributed by atoms with Gasteiger partial charge in [0.2, 0.25) is 5.91 Å². The van der Waals surface area contributed by atoms with Crippen LogP contribution in [0.4, 0.5) is 0 Å². The van der Waals surface area contributed by atoms with Gasteiger partial charge in [-0.3, -0.25) is 19.5 Å². The van der Waals surface area contributed by atoms with Crippen LogP contribution in [-0.4, -0.2) is 51.3 Å². The molecule has 1 aliphatic carbocycles. The number of aromatic nitrogens is 1. The molecule has 5 rings (SSSR count). The molecule has 1 aromatic carbocycles. The molecule has 2 aromatic rings. The fraction of sp³-hybridized carbons (Fsp3) is 0.536. The van der Waals surface area contributed by atoms with Crippen LogP contribution in [0.25, 0.3) is 0 Å². The Morgan fingerprint density at radius 3 is 2.32 bits per heavy atom. The first-order valence-corrected chi connectivity index (χ1v) is 12.9. The van der Waals surface area contributed by atoms with Crippen LogP contribution in [0.15, 0.2) is 42.6 Å². The van der Waals surface area contributed by atoms with Gasteiger partial charge in [0.25, 0.3) is 5.91 Å². The van der Waals surface area contributed by atoms with Crippen molar-refractivity contribution >= 4 is 11.8 Å². The minimum atomic E-state index is -0.497. The van der Waals surface area contributed by atoms with Gasteiger partial charge in [0, 0.05) is 25.3 Å². The number of benzene rings is 1. The van der Waals surface area contributed by atoms with Crippen molar-refractivity contribution in [2.45, 2.75) is 82.3 Å². The molecular weight excluding hydrogens is 424 g/mol. The number of nitrogens with zero attached hydrogens (tertiary/aromatic N) is 3. The Morgan fingerprint density at radius 1 is 0.912 bits per heavy atom. The summed E-state index contributed by atoms with van der Waals surface area (Å²) in [6.07, 6.45) is 12.9. The summed E-state index contributed by atoms with van der Waals surface area (Å²) < 4.78 is 0. The molecule has 3 fully saturated rings. The van der Waals surface area contributed by atoms with E-state index < -0.39 is 5.91 Å². The average Bonchev–Trinajstić information content (AvgIpc) is 3.43. The fourth-order valence-electron chi connectivity index (χ4n) is 6.25. The highest BCUT2D eigenvalue weighted by molar-refractivity contribution is 5.90. The van der Waals surface area contributed by atoms with E-state index in [4.69, 9.17) is 5.73 Å². The highest BCUT2D eigenvalue weighted by Gasteiger charge is 2.54.